The van der Waals surface area contributed by atoms with Crippen LogP contribution in [0.2, 0.25) is 0 Å². The highest BCUT2D eigenvalue weighted by atomic mass is 16.6. The fourth-order valence-electron chi connectivity index (χ4n) is 3.54. The molecule has 0 spiro atoms. The van der Waals surface area contributed by atoms with Gasteiger partial charge in [0.05, 0.1) is 10.8 Å². The quantitative estimate of drug-likeness (QED) is 0.451. The molecule has 0 aromatic heterocycles. The van der Waals surface area contributed by atoms with Gasteiger partial charge >= 0.3 is 0 Å². The van der Waals surface area contributed by atoms with Crippen molar-refractivity contribution in [2.75, 3.05) is 16.8 Å². The summed E-state index contributed by atoms with van der Waals surface area (Å²) in [4.78, 5) is 36.9. The van der Waals surface area contributed by atoms with E-state index < -0.39 is 10.8 Å². The van der Waals surface area contributed by atoms with Crippen LogP contribution < -0.4 is 15.0 Å². The summed E-state index contributed by atoms with van der Waals surface area (Å²) in [5.74, 6) is 0.453. The maximum atomic E-state index is 12.7. The van der Waals surface area contributed by atoms with E-state index in [-0.39, 0.29) is 30.5 Å². The fourth-order valence-corrected chi connectivity index (χ4v) is 3.54. The van der Waals surface area contributed by atoms with E-state index in [1.54, 1.807) is 24.3 Å². The van der Waals surface area contributed by atoms with E-state index in [1.807, 2.05) is 31.2 Å². The van der Waals surface area contributed by atoms with E-state index in [1.165, 1.54) is 29.2 Å². The number of ether oxygens (including phenoxy) is 1. The van der Waals surface area contributed by atoms with Crippen LogP contribution in [0.4, 0.5) is 17.1 Å². The molecule has 0 unspecified atom stereocenters. The van der Waals surface area contributed by atoms with Crippen molar-refractivity contribution in [2.24, 2.45) is 5.92 Å². The van der Waals surface area contributed by atoms with Crippen LogP contribution in [0, 0.1) is 23.0 Å². The van der Waals surface area contributed by atoms with Gasteiger partial charge in [-0.1, -0.05) is 18.2 Å². The molecule has 1 N–H and O–H groups in total. The van der Waals surface area contributed by atoms with Crippen LogP contribution in [0.15, 0.2) is 72.8 Å². The number of benzene rings is 3. The number of nitro benzene ring substituents is 1. The summed E-state index contributed by atoms with van der Waals surface area (Å²) in [7, 11) is 0. The van der Waals surface area contributed by atoms with E-state index in [4.69, 9.17) is 4.74 Å². The van der Waals surface area contributed by atoms with Crippen molar-refractivity contribution in [1.29, 1.82) is 0 Å². The number of carbonyl (C=O) groups is 2. The summed E-state index contributed by atoms with van der Waals surface area (Å²) < 4.78 is 5.86. The van der Waals surface area contributed by atoms with Gasteiger partial charge in [-0.15, -0.1) is 0 Å². The number of para-hydroxylation sites is 1. The molecule has 1 atom stereocenters. The number of nitrogens with one attached hydrogen (secondary N) is 1. The highest BCUT2D eigenvalue weighted by Crippen LogP contribution is 2.29. The van der Waals surface area contributed by atoms with Crippen molar-refractivity contribution in [3.63, 3.8) is 0 Å². The second-order valence-electron chi connectivity index (χ2n) is 7.56. The Morgan fingerprint density at radius 1 is 1.06 bits per heavy atom. The highest BCUT2D eigenvalue weighted by Gasteiger charge is 2.35. The number of hydrogen-bond donors (Lipinski definition) is 1. The molecule has 0 radical (unpaired) electrons. The minimum Gasteiger partial charge on any atom is -0.457 e. The summed E-state index contributed by atoms with van der Waals surface area (Å²) in [6, 6.07) is 20.5. The normalized spacial score (nSPS) is 15.5. The lowest BCUT2D eigenvalue weighted by Crippen LogP contribution is -2.28. The van der Waals surface area contributed by atoms with Crippen LogP contribution in [0.5, 0.6) is 11.5 Å². The van der Waals surface area contributed by atoms with Crippen LogP contribution >= 0.6 is 0 Å². The SMILES string of the molecule is Cc1ccccc1Oc1ccc(NC(=O)[C@H]2CC(=O)N(c3ccc([N+](=O)[O-])cc3)C2)cc1. The van der Waals surface area contributed by atoms with E-state index in [9.17, 15) is 19.7 Å². The molecular formula is C24H21N3O5. The van der Waals surface area contributed by atoms with Gasteiger partial charge in [-0.2, -0.15) is 0 Å². The number of carbonyl (C=O) groups excluding carboxylic acids is 2. The molecule has 1 heterocycles. The molecule has 1 fully saturated rings. The Morgan fingerprint density at radius 3 is 2.41 bits per heavy atom. The third-order valence-electron chi connectivity index (χ3n) is 5.31. The number of anilines is 2. The minimum absolute atomic E-state index is 0.0514. The van der Waals surface area contributed by atoms with Crippen LogP contribution in [0.25, 0.3) is 0 Å². The van der Waals surface area contributed by atoms with Crippen LogP contribution in [0.1, 0.15) is 12.0 Å². The lowest BCUT2D eigenvalue weighted by atomic mass is 10.1. The van der Waals surface area contributed by atoms with Gasteiger partial charge in [-0.3, -0.25) is 19.7 Å². The second-order valence-corrected chi connectivity index (χ2v) is 7.56. The molecule has 1 saturated heterocycles. The first-order valence-electron chi connectivity index (χ1n) is 10.1. The van der Waals surface area contributed by atoms with Crippen molar-refractivity contribution in [1.82, 2.24) is 0 Å². The number of amides is 2. The lowest BCUT2D eigenvalue weighted by Gasteiger charge is -2.16. The Morgan fingerprint density at radius 2 is 1.75 bits per heavy atom. The van der Waals surface area contributed by atoms with E-state index in [2.05, 4.69) is 5.32 Å². The molecule has 2 amide bonds. The highest BCUT2D eigenvalue weighted by molar-refractivity contribution is 6.03. The number of nitrogens with zero attached hydrogens (tertiary/aromatic N) is 2. The van der Waals surface area contributed by atoms with Crippen molar-refractivity contribution < 1.29 is 19.2 Å². The van der Waals surface area contributed by atoms with Gasteiger partial charge in [0.1, 0.15) is 11.5 Å². The number of nitro groups is 1. The monoisotopic (exact) mass is 431 g/mol. The molecule has 1 aliphatic heterocycles. The minimum atomic E-state index is -0.513. The Hall–Kier alpha value is -4.20. The predicted molar refractivity (Wildman–Crippen MR) is 120 cm³/mol. The Balaban J connectivity index is 1.37. The topological polar surface area (TPSA) is 102 Å². The van der Waals surface area contributed by atoms with Gasteiger partial charge < -0.3 is 15.0 Å². The molecule has 8 heteroatoms. The molecule has 32 heavy (non-hydrogen) atoms. The molecular weight excluding hydrogens is 410 g/mol. The molecule has 1 aliphatic rings. The zero-order valence-electron chi connectivity index (χ0n) is 17.4. The average molecular weight is 431 g/mol. The summed E-state index contributed by atoms with van der Waals surface area (Å²) in [5.41, 5.74) is 2.11. The number of non-ortho nitro benzene ring substituents is 1. The van der Waals surface area contributed by atoms with Crippen molar-refractivity contribution >= 4 is 28.9 Å². The smallest absolute Gasteiger partial charge is 0.269 e. The summed E-state index contributed by atoms with van der Waals surface area (Å²) >= 11 is 0. The maximum absolute atomic E-state index is 12.7. The van der Waals surface area contributed by atoms with Crippen LogP contribution in [0.3, 0.4) is 0 Å². The standard InChI is InChI=1S/C24H21N3O5/c1-16-4-2-3-5-22(16)32-21-12-6-18(7-13-21)25-24(29)17-14-23(28)26(15-17)19-8-10-20(11-9-19)27(30)31/h2-13,17H,14-15H2,1H3,(H,25,29)/t17-/m0/s1. The number of hydrogen-bond acceptors (Lipinski definition) is 5. The number of rotatable bonds is 6. The van der Waals surface area contributed by atoms with Gasteiger partial charge in [0, 0.05) is 36.5 Å². The molecule has 4 rings (SSSR count). The summed E-state index contributed by atoms with van der Waals surface area (Å²) in [5, 5.41) is 13.6. The van der Waals surface area contributed by atoms with E-state index in [0.717, 1.165) is 11.3 Å². The number of aryl methyl sites for hydroxylation is 1. The summed E-state index contributed by atoms with van der Waals surface area (Å²) in [6.45, 7) is 2.18. The van der Waals surface area contributed by atoms with E-state index >= 15 is 0 Å². The van der Waals surface area contributed by atoms with Gasteiger partial charge in [0.25, 0.3) is 5.69 Å². The molecule has 3 aromatic carbocycles. The maximum Gasteiger partial charge on any atom is 0.269 e. The van der Waals surface area contributed by atoms with Crippen LogP contribution in [-0.2, 0) is 9.59 Å². The molecule has 0 aliphatic carbocycles. The molecule has 3 aromatic rings. The Labute approximate surface area is 184 Å². The molecule has 0 bridgehead atoms. The van der Waals surface area contributed by atoms with Crippen molar-refractivity contribution in [3.05, 3.63) is 88.5 Å². The zero-order chi connectivity index (χ0) is 22.7. The molecule has 0 saturated carbocycles. The molecule has 8 nitrogen and oxygen atoms in total. The third-order valence-corrected chi connectivity index (χ3v) is 5.31. The Kier molecular flexibility index (Phi) is 5.85. The van der Waals surface area contributed by atoms with Gasteiger partial charge in [0.2, 0.25) is 11.8 Å². The van der Waals surface area contributed by atoms with Gasteiger partial charge in [-0.05, 0) is 55.0 Å². The fraction of sp³-hybridized carbons (Fsp3) is 0.167. The molecule has 162 valence electrons. The predicted octanol–water partition coefficient (Wildman–Crippen LogP) is 4.69. The zero-order valence-corrected chi connectivity index (χ0v) is 17.4. The van der Waals surface area contributed by atoms with E-state index in [0.29, 0.717) is 17.1 Å². The van der Waals surface area contributed by atoms with Crippen LogP contribution in [-0.4, -0.2) is 23.3 Å². The first-order chi connectivity index (χ1) is 15.4. The first-order valence-corrected chi connectivity index (χ1v) is 10.1. The third kappa shape index (κ3) is 4.59. The summed E-state index contributed by atoms with van der Waals surface area (Å²) in [6.07, 6.45) is 0.0807. The van der Waals surface area contributed by atoms with Gasteiger partial charge in [-0.25, -0.2) is 0 Å². The first kappa shape index (κ1) is 21.0. The van der Waals surface area contributed by atoms with Crippen molar-refractivity contribution in [3.8, 4) is 11.5 Å². The average Bonchev–Trinajstić information content (AvgIpc) is 3.18. The van der Waals surface area contributed by atoms with Gasteiger partial charge in [0.15, 0.2) is 0 Å². The lowest BCUT2D eigenvalue weighted by molar-refractivity contribution is -0.384. The largest absolute Gasteiger partial charge is 0.457 e. The second kappa shape index (κ2) is 8.89. The van der Waals surface area contributed by atoms with Crippen molar-refractivity contribution in [2.45, 2.75) is 13.3 Å². The Bertz CT molecular complexity index is 1160.